The van der Waals surface area contributed by atoms with E-state index < -0.39 is 5.97 Å². The number of hydrogen-bond donors (Lipinski definition) is 1. The fourth-order valence-corrected chi connectivity index (χ4v) is 2.11. The number of terminal acetylenes is 1. The Morgan fingerprint density at radius 2 is 2.00 bits per heavy atom. The lowest BCUT2D eigenvalue weighted by Gasteiger charge is -2.21. The lowest BCUT2D eigenvalue weighted by Crippen LogP contribution is -2.26. The predicted molar refractivity (Wildman–Crippen MR) is 89.4 cm³/mol. The first kappa shape index (κ1) is 17.9. The van der Waals surface area contributed by atoms with E-state index in [1.54, 1.807) is 0 Å². The van der Waals surface area contributed by atoms with Crippen molar-refractivity contribution in [1.29, 1.82) is 0 Å². The third-order valence-electron chi connectivity index (χ3n) is 3.35. The van der Waals surface area contributed by atoms with Crippen LogP contribution in [0, 0.1) is 12.3 Å². The Bertz CT molecular complexity index is 476. The minimum absolute atomic E-state index is 0.0668. The maximum atomic E-state index is 10.7. The highest BCUT2D eigenvalue weighted by Crippen LogP contribution is 2.20. The number of carbonyl (C=O) groups is 1. The van der Waals surface area contributed by atoms with Crippen molar-refractivity contribution in [3.63, 3.8) is 0 Å². The molecule has 22 heavy (non-hydrogen) atoms. The lowest BCUT2D eigenvalue weighted by molar-refractivity contribution is -0.136. The van der Waals surface area contributed by atoms with Gasteiger partial charge in [0.05, 0.1) is 19.6 Å². The summed E-state index contributed by atoms with van der Waals surface area (Å²) in [5, 5.41) is 8.78. The monoisotopic (exact) mass is 303 g/mol. The highest BCUT2D eigenvalue weighted by Gasteiger charge is 2.07. The third kappa shape index (κ3) is 7.03. The van der Waals surface area contributed by atoms with Crippen LogP contribution < -0.4 is 9.64 Å². The van der Waals surface area contributed by atoms with Gasteiger partial charge in [-0.05, 0) is 30.7 Å². The molecule has 0 saturated heterocycles. The van der Waals surface area contributed by atoms with Gasteiger partial charge in [-0.15, -0.1) is 6.42 Å². The average molecular weight is 303 g/mol. The zero-order valence-corrected chi connectivity index (χ0v) is 13.3. The van der Waals surface area contributed by atoms with E-state index in [2.05, 4.69) is 12.8 Å². The van der Waals surface area contributed by atoms with Crippen molar-refractivity contribution in [2.24, 2.45) is 0 Å². The molecule has 0 atom stereocenters. The number of ether oxygens (including phenoxy) is 1. The number of carboxylic acids is 1. The van der Waals surface area contributed by atoms with Gasteiger partial charge in [-0.25, -0.2) is 0 Å². The zero-order chi connectivity index (χ0) is 16.2. The van der Waals surface area contributed by atoms with E-state index in [9.17, 15) is 4.79 Å². The molecule has 0 aliphatic heterocycles. The van der Waals surface area contributed by atoms with E-state index in [4.69, 9.17) is 16.3 Å². The van der Waals surface area contributed by atoms with Crippen molar-refractivity contribution in [2.45, 2.75) is 39.0 Å². The molecule has 0 spiro atoms. The van der Waals surface area contributed by atoms with Gasteiger partial charge in [0.1, 0.15) is 5.75 Å². The summed E-state index contributed by atoms with van der Waals surface area (Å²) in [6.45, 7) is 3.71. The van der Waals surface area contributed by atoms with Crippen LogP contribution in [-0.2, 0) is 4.79 Å². The smallest absolute Gasteiger partial charge is 0.305 e. The Hall–Kier alpha value is -2.15. The van der Waals surface area contributed by atoms with Crippen molar-refractivity contribution in [3.8, 4) is 18.1 Å². The number of rotatable bonds is 11. The molecule has 0 bridgehead atoms. The van der Waals surface area contributed by atoms with Crippen LogP contribution >= 0.6 is 0 Å². The summed E-state index contributed by atoms with van der Waals surface area (Å²) in [6.07, 6.45) is 10.1. The largest absolute Gasteiger partial charge is 0.494 e. The number of carboxylic acid groups (broad SMARTS) is 1. The van der Waals surface area contributed by atoms with Gasteiger partial charge in [0.15, 0.2) is 0 Å². The molecule has 0 fully saturated rings. The third-order valence-corrected chi connectivity index (χ3v) is 3.35. The molecule has 120 valence electrons. The quantitative estimate of drug-likeness (QED) is 0.501. The summed E-state index contributed by atoms with van der Waals surface area (Å²) in [7, 11) is 0. The molecule has 0 aromatic heterocycles. The Labute approximate surface area is 133 Å². The summed E-state index contributed by atoms with van der Waals surface area (Å²) < 4.78 is 5.69. The molecule has 0 amide bonds. The van der Waals surface area contributed by atoms with Crippen molar-refractivity contribution >= 4 is 11.7 Å². The second-order valence-electron chi connectivity index (χ2n) is 5.17. The van der Waals surface area contributed by atoms with Gasteiger partial charge in [0.2, 0.25) is 0 Å². The topological polar surface area (TPSA) is 49.8 Å². The molecule has 1 aromatic carbocycles. The summed E-state index contributed by atoms with van der Waals surface area (Å²) in [5.74, 6) is 2.57. The fourth-order valence-electron chi connectivity index (χ4n) is 2.11. The number of aliphatic carboxylic acids is 1. The first-order chi connectivity index (χ1) is 10.7. The summed E-state index contributed by atoms with van der Waals surface area (Å²) in [4.78, 5) is 12.6. The Morgan fingerprint density at radius 1 is 1.27 bits per heavy atom. The molecule has 0 heterocycles. The van der Waals surface area contributed by atoms with Crippen LogP contribution in [0.2, 0.25) is 0 Å². The van der Waals surface area contributed by atoms with Crippen LogP contribution in [0.3, 0.4) is 0 Å². The summed E-state index contributed by atoms with van der Waals surface area (Å²) >= 11 is 0. The maximum absolute atomic E-state index is 10.7. The van der Waals surface area contributed by atoms with Crippen LogP contribution in [0.15, 0.2) is 24.3 Å². The van der Waals surface area contributed by atoms with Crippen LogP contribution in [0.25, 0.3) is 0 Å². The minimum atomic E-state index is -0.825. The van der Waals surface area contributed by atoms with Crippen molar-refractivity contribution < 1.29 is 14.6 Å². The molecule has 0 unspecified atom stereocenters. The molecule has 1 rings (SSSR count). The van der Waals surface area contributed by atoms with Gasteiger partial charge in [0.25, 0.3) is 0 Å². The number of hydrogen-bond acceptors (Lipinski definition) is 3. The highest BCUT2D eigenvalue weighted by molar-refractivity contribution is 5.67. The molecular weight excluding hydrogens is 278 g/mol. The highest BCUT2D eigenvalue weighted by atomic mass is 16.5. The van der Waals surface area contributed by atoms with E-state index in [1.807, 2.05) is 29.2 Å². The van der Waals surface area contributed by atoms with E-state index in [-0.39, 0.29) is 6.42 Å². The van der Waals surface area contributed by atoms with Gasteiger partial charge in [-0.2, -0.15) is 0 Å². The molecule has 0 aliphatic carbocycles. The van der Waals surface area contributed by atoms with Crippen LogP contribution in [0.5, 0.6) is 5.75 Å². The van der Waals surface area contributed by atoms with Crippen molar-refractivity contribution in [3.05, 3.63) is 24.3 Å². The average Bonchev–Trinajstić information content (AvgIpc) is 2.52. The minimum Gasteiger partial charge on any atom is -0.494 e. The Balaban J connectivity index is 2.50. The number of unbranched alkanes of at least 4 members (excludes halogenated alkanes) is 3. The van der Waals surface area contributed by atoms with E-state index in [0.717, 1.165) is 24.5 Å². The Morgan fingerprint density at radius 3 is 2.59 bits per heavy atom. The number of nitrogens with zero attached hydrogens (tertiary/aromatic N) is 1. The zero-order valence-electron chi connectivity index (χ0n) is 13.3. The van der Waals surface area contributed by atoms with E-state index >= 15 is 0 Å². The van der Waals surface area contributed by atoms with Crippen LogP contribution in [0.1, 0.15) is 39.0 Å². The molecule has 4 nitrogen and oxygen atoms in total. The number of benzene rings is 1. The molecule has 4 heteroatoms. The van der Waals surface area contributed by atoms with Crippen LogP contribution in [-0.4, -0.2) is 30.8 Å². The van der Waals surface area contributed by atoms with E-state index in [1.165, 1.54) is 19.3 Å². The van der Waals surface area contributed by atoms with Crippen molar-refractivity contribution in [1.82, 2.24) is 0 Å². The van der Waals surface area contributed by atoms with Gasteiger partial charge in [-0.3, -0.25) is 4.79 Å². The molecule has 1 aromatic rings. The van der Waals surface area contributed by atoms with Gasteiger partial charge >= 0.3 is 5.97 Å². The van der Waals surface area contributed by atoms with Crippen LogP contribution in [0.4, 0.5) is 5.69 Å². The second-order valence-corrected chi connectivity index (χ2v) is 5.17. The van der Waals surface area contributed by atoms with Gasteiger partial charge in [0, 0.05) is 12.2 Å². The predicted octanol–water partition coefficient (Wildman–Crippen LogP) is 3.56. The standard InChI is InChI=1S/C18H25NO3/c1-3-5-6-7-15-22-17-10-8-16(9-11-17)19(13-4-2)14-12-18(20)21/h2,8-11H,3,5-7,12-15H2,1H3,(H,20,21). The lowest BCUT2D eigenvalue weighted by atomic mass is 10.2. The SMILES string of the molecule is C#CCN(CCC(=O)O)c1ccc(OCCCCCC)cc1. The van der Waals surface area contributed by atoms with Crippen molar-refractivity contribution in [2.75, 3.05) is 24.6 Å². The molecule has 0 saturated carbocycles. The van der Waals surface area contributed by atoms with Gasteiger partial charge in [-0.1, -0.05) is 32.1 Å². The van der Waals surface area contributed by atoms with E-state index in [0.29, 0.717) is 13.1 Å². The first-order valence-corrected chi connectivity index (χ1v) is 7.80. The first-order valence-electron chi connectivity index (χ1n) is 7.80. The summed E-state index contributed by atoms with van der Waals surface area (Å²) in [5.41, 5.74) is 0.914. The number of anilines is 1. The second kappa shape index (κ2) is 10.6. The van der Waals surface area contributed by atoms with Gasteiger partial charge < -0.3 is 14.7 Å². The molecular formula is C18H25NO3. The molecule has 1 N–H and O–H groups in total. The molecule has 0 aliphatic rings. The fraction of sp³-hybridized carbons (Fsp3) is 0.500. The Kier molecular flexibility index (Phi) is 8.59. The normalized spacial score (nSPS) is 10.0. The maximum Gasteiger partial charge on any atom is 0.305 e. The molecule has 0 radical (unpaired) electrons. The summed E-state index contributed by atoms with van der Waals surface area (Å²) in [6, 6.07) is 7.64.